The van der Waals surface area contributed by atoms with Crippen molar-refractivity contribution in [2.24, 2.45) is 0 Å². The van der Waals surface area contributed by atoms with Crippen molar-refractivity contribution in [3.8, 4) is 11.5 Å². The molecule has 4 N–H and O–H groups in total. The number of nitrogens with zero attached hydrogens (tertiary/aromatic N) is 1. The maximum atomic E-state index is 13.9. The molecule has 3 aromatic rings. The van der Waals surface area contributed by atoms with Crippen molar-refractivity contribution in [3.63, 3.8) is 0 Å². The first-order chi connectivity index (χ1) is 20.0. The molecule has 0 spiro atoms. The fraction of sp³-hybridized carbons (Fsp3) is 0.344. The number of rotatable bonds is 10. The fourth-order valence-corrected chi connectivity index (χ4v) is 6.25. The summed E-state index contributed by atoms with van der Waals surface area (Å²) < 4.78 is 4.76. The molecule has 1 heterocycles. The molecule has 1 aliphatic heterocycles. The Kier molecular flexibility index (Phi) is 9.80. The quantitative estimate of drug-likeness (QED) is 0.285. The number of carbonyl (C=O) groups is 3. The normalized spacial score (nSPS) is 17.3. The van der Waals surface area contributed by atoms with E-state index in [1.165, 1.54) is 22.7 Å². The minimum atomic E-state index is -1.63. The van der Waals surface area contributed by atoms with Gasteiger partial charge in [0.2, 0.25) is 5.91 Å². The number of carbonyl (C=O) groups excluding carboxylic acids is 3. The van der Waals surface area contributed by atoms with Gasteiger partial charge in [-0.1, -0.05) is 54.6 Å². The number of aliphatic hydroxyl groups is 1. The van der Waals surface area contributed by atoms with Crippen LogP contribution in [0, 0.1) is 6.92 Å². The number of phenolic OH excluding ortho intramolecular Hbond substituents is 1. The Morgan fingerprint density at radius 3 is 2.45 bits per heavy atom. The van der Waals surface area contributed by atoms with Crippen molar-refractivity contribution in [2.45, 2.75) is 56.7 Å². The first-order valence-electron chi connectivity index (χ1n) is 13.7. The van der Waals surface area contributed by atoms with E-state index in [9.17, 15) is 24.6 Å². The molecule has 4 rings (SSSR count). The van der Waals surface area contributed by atoms with E-state index < -0.39 is 34.7 Å². The molecular formula is C32H37N3O6S. The van der Waals surface area contributed by atoms with Gasteiger partial charge in [0.05, 0.1) is 19.0 Å². The zero-order chi connectivity index (χ0) is 30.4. The van der Waals surface area contributed by atoms with Crippen LogP contribution in [0.1, 0.15) is 40.9 Å². The van der Waals surface area contributed by atoms with Crippen molar-refractivity contribution < 1.29 is 29.3 Å². The van der Waals surface area contributed by atoms with Gasteiger partial charge in [-0.05, 0) is 51.0 Å². The molecule has 3 atom stereocenters. The number of methoxy groups -OCH3 is 1. The Morgan fingerprint density at radius 1 is 1.05 bits per heavy atom. The molecule has 9 nitrogen and oxygen atoms in total. The maximum absolute atomic E-state index is 13.9. The zero-order valence-electron chi connectivity index (χ0n) is 24.2. The molecule has 0 bridgehead atoms. The van der Waals surface area contributed by atoms with Crippen LogP contribution in [0.5, 0.6) is 11.5 Å². The predicted octanol–water partition coefficient (Wildman–Crippen LogP) is 3.41. The maximum Gasteiger partial charge on any atom is 0.254 e. The lowest BCUT2D eigenvalue weighted by molar-refractivity contribution is -0.147. The van der Waals surface area contributed by atoms with Crippen molar-refractivity contribution in [1.29, 1.82) is 0 Å². The zero-order valence-corrected chi connectivity index (χ0v) is 25.0. The summed E-state index contributed by atoms with van der Waals surface area (Å²) in [7, 11) is 1.56. The van der Waals surface area contributed by atoms with E-state index in [-0.39, 0.29) is 36.1 Å². The van der Waals surface area contributed by atoms with Crippen LogP contribution in [-0.4, -0.2) is 68.8 Å². The number of hydrogen-bond acceptors (Lipinski definition) is 7. The van der Waals surface area contributed by atoms with Crippen LogP contribution in [0.25, 0.3) is 0 Å². The summed E-state index contributed by atoms with van der Waals surface area (Å²) in [5.41, 5.74) is 2.23. The average molecular weight is 592 g/mol. The highest BCUT2D eigenvalue weighted by molar-refractivity contribution is 8.00. The summed E-state index contributed by atoms with van der Waals surface area (Å²) in [6, 6.07) is 19.3. The molecule has 0 radical (unpaired) electrons. The molecule has 1 fully saturated rings. The first kappa shape index (κ1) is 30.9. The molecule has 10 heteroatoms. The van der Waals surface area contributed by atoms with Crippen molar-refractivity contribution in [3.05, 3.63) is 95.1 Å². The highest BCUT2D eigenvalue weighted by atomic mass is 32.2. The number of amides is 3. The summed E-state index contributed by atoms with van der Waals surface area (Å²) in [5, 5.41) is 27.3. The largest absolute Gasteiger partial charge is 0.508 e. The molecule has 3 amide bonds. The summed E-state index contributed by atoms with van der Waals surface area (Å²) in [6.45, 7) is 5.60. The van der Waals surface area contributed by atoms with Gasteiger partial charge in [-0.3, -0.25) is 14.4 Å². The third kappa shape index (κ3) is 6.88. The summed E-state index contributed by atoms with van der Waals surface area (Å²) in [5.74, 6) is -0.721. The molecule has 0 aromatic heterocycles. The third-order valence-electron chi connectivity index (χ3n) is 7.52. The van der Waals surface area contributed by atoms with Gasteiger partial charge in [-0.15, -0.1) is 11.8 Å². The first-order valence-corrected chi connectivity index (χ1v) is 14.7. The number of ether oxygens (including phenoxy) is 1. The van der Waals surface area contributed by atoms with Gasteiger partial charge in [0, 0.05) is 28.0 Å². The third-order valence-corrected chi connectivity index (χ3v) is 8.90. The molecule has 222 valence electrons. The van der Waals surface area contributed by atoms with Crippen molar-refractivity contribution >= 4 is 29.5 Å². The van der Waals surface area contributed by atoms with Crippen LogP contribution in [0.4, 0.5) is 0 Å². The van der Waals surface area contributed by atoms with E-state index in [1.807, 2.05) is 68.4 Å². The van der Waals surface area contributed by atoms with E-state index in [1.54, 1.807) is 26.2 Å². The SMILES string of the molecule is COc1ccccc1CNC(=O)C1N(C(=O)[C@@H](O)[C@H](Cc2ccccc2)NC(=O)c2cccc(O)c2C)CSC1(C)C. The number of aromatic hydroxyl groups is 1. The second-order valence-corrected chi connectivity index (χ2v) is 12.4. The summed E-state index contributed by atoms with van der Waals surface area (Å²) in [6.07, 6.45) is -1.46. The number of phenols is 1. The van der Waals surface area contributed by atoms with Crippen molar-refractivity contribution in [1.82, 2.24) is 15.5 Å². The number of hydrogen-bond donors (Lipinski definition) is 4. The molecule has 1 aliphatic rings. The predicted molar refractivity (Wildman–Crippen MR) is 162 cm³/mol. The van der Waals surface area contributed by atoms with Gasteiger partial charge in [0.15, 0.2) is 6.10 Å². The minimum Gasteiger partial charge on any atom is -0.508 e. The van der Waals surface area contributed by atoms with E-state index in [0.29, 0.717) is 11.3 Å². The van der Waals surface area contributed by atoms with E-state index in [0.717, 1.165) is 11.1 Å². The fourth-order valence-electron chi connectivity index (χ4n) is 5.11. The van der Waals surface area contributed by atoms with E-state index in [4.69, 9.17) is 4.74 Å². The number of nitrogens with one attached hydrogen (secondary N) is 2. The van der Waals surface area contributed by atoms with Crippen LogP contribution in [0.15, 0.2) is 72.8 Å². The van der Waals surface area contributed by atoms with Crippen LogP contribution in [-0.2, 0) is 22.6 Å². The van der Waals surface area contributed by atoms with Crippen molar-refractivity contribution in [2.75, 3.05) is 13.0 Å². The Labute approximate surface area is 250 Å². The van der Waals surface area contributed by atoms with Gasteiger partial charge >= 0.3 is 0 Å². The van der Waals surface area contributed by atoms with Gasteiger partial charge in [-0.25, -0.2) is 0 Å². The Balaban J connectivity index is 1.56. The van der Waals surface area contributed by atoms with Crippen LogP contribution < -0.4 is 15.4 Å². The summed E-state index contributed by atoms with van der Waals surface area (Å²) in [4.78, 5) is 42.1. The molecule has 0 aliphatic carbocycles. The number of thioether (sulfide) groups is 1. The highest BCUT2D eigenvalue weighted by Crippen LogP contribution is 2.40. The van der Waals surface area contributed by atoms with Crippen LogP contribution in [0.3, 0.4) is 0 Å². The Morgan fingerprint density at radius 2 is 1.74 bits per heavy atom. The second-order valence-electron chi connectivity index (χ2n) is 10.8. The van der Waals surface area contributed by atoms with E-state index in [2.05, 4.69) is 10.6 Å². The Bertz CT molecular complexity index is 1430. The standard InChI is InChI=1S/C32H37N3O6S/c1-20-23(14-10-15-25(20)36)29(38)34-24(17-21-11-6-5-7-12-21)27(37)31(40)35-19-42-32(2,3)28(35)30(39)33-18-22-13-8-9-16-26(22)41-4/h5-16,24,27-28,36-37H,17-19H2,1-4H3,(H,33,39)(H,34,38)/t24-,27-,28?/m0/s1. The second kappa shape index (κ2) is 13.3. The molecule has 42 heavy (non-hydrogen) atoms. The Hall–Kier alpha value is -4.02. The lowest BCUT2D eigenvalue weighted by atomic mass is 9.96. The van der Waals surface area contributed by atoms with Crippen LogP contribution in [0.2, 0.25) is 0 Å². The molecule has 0 saturated carbocycles. The van der Waals surface area contributed by atoms with Gasteiger partial charge in [0.25, 0.3) is 11.8 Å². The lowest BCUT2D eigenvalue weighted by Gasteiger charge is -2.33. The van der Waals surface area contributed by atoms with Gasteiger partial charge < -0.3 is 30.5 Å². The molecule has 1 unspecified atom stereocenters. The minimum absolute atomic E-state index is 0.0304. The number of aliphatic hydroxyl groups excluding tert-OH is 1. The molecular weight excluding hydrogens is 554 g/mol. The smallest absolute Gasteiger partial charge is 0.254 e. The lowest BCUT2D eigenvalue weighted by Crippen LogP contribution is -2.58. The number of para-hydroxylation sites is 1. The highest BCUT2D eigenvalue weighted by Gasteiger charge is 2.49. The monoisotopic (exact) mass is 591 g/mol. The van der Waals surface area contributed by atoms with E-state index >= 15 is 0 Å². The van der Waals surface area contributed by atoms with Gasteiger partial charge in [-0.2, -0.15) is 0 Å². The number of benzene rings is 3. The average Bonchev–Trinajstić information content (AvgIpc) is 3.31. The molecule has 3 aromatic carbocycles. The molecule has 1 saturated heterocycles. The topological polar surface area (TPSA) is 128 Å². The van der Waals surface area contributed by atoms with Gasteiger partial charge in [0.1, 0.15) is 17.5 Å². The van der Waals surface area contributed by atoms with Crippen LogP contribution >= 0.6 is 11.8 Å². The summed E-state index contributed by atoms with van der Waals surface area (Å²) >= 11 is 1.44.